The minimum absolute atomic E-state index is 0.0530. The zero-order valence-corrected chi connectivity index (χ0v) is 13.8. The third kappa shape index (κ3) is 4.82. The van der Waals surface area contributed by atoms with Gasteiger partial charge >= 0.3 is 6.03 Å². The van der Waals surface area contributed by atoms with Crippen molar-refractivity contribution in [2.45, 2.75) is 44.6 Å². The number of carbonyl (C=O) groups is 1. The molecule has 1 saturated heterocycles. The van der Waals surface area contributed by atoms with E-state index in [2.05, 4.69) is 10.6 Å². The second kappa shape index (κ2) is 9.73. The SMILES string of the molecule is CCOC1O[C@H]([C@@H](CNC(=O)N(CC)N=O)OC)[C@H](OC)[C@H]1O. The summed E-state index contributed by atoms with van der Waals surface area (Å²) in [7, 11) is 2.89. The van der Waals surface area contributed by atoms with E-state index in [1.807, 2.05) is 0 Å². The molecule has 10 heteroatoms. The van der Waals surface area contributed by atoms with Gasteiger partial charge in [0.15, 0.2) is 6.29 Å². The van der Waals surface area contributed by atoms with Crippen LogP contribution in [-0.2, 0) is 18.9 Å². The first-order chi connectivity index (χ1) is 11.0. The van der Waals surface area contributed by atoms with Crippen molar-refractivity contribution in [3.63, 3.8) is 0 Å². The molecule has 0 saturated carbocycles. The molecular weight excluding hydrogens is 310 g/mol. The highest BCUT2D eigenvalue weighted by Gasteiger charge is 2.48. The molecule has 23 heavy (non-hydrogen) atoms. The van der Waals surface area contributed by atoms with Crippen molar-refractivity contribution in [3.8, 4) is 0 Å². The molecule has 10 nitrogen and oxygen atoms in total. The molecule has 2 amide bonds. The second-order valence-electron chi connectivity index (χ2n) is 4.87. The summed E-state index contributed by atoms with van der Waals surface area (Å²) in [5.74, 6) is 0. The maximum Gasteiger partial charge on any atom is 0.340 e. The van der Waals surface area contributed by atoms with Gasteiger partial charge in [0.05, 0.1) is 5.29 Å². The number of nitrogens with zero attached hydrogens (tertiary/aromatic N) is 2. The first-order valence-corrected chi connectivity index (χ1v) is 7.43. The Morgan fingerprint density at radius 3 is 2.61 bits per heavy atom. The smallest absolute Gasteiger partial charge is 0.340 e. The number of hydrogen-bond donors (Lipinski definition) is 2. The Bertz CT molecular complexity index is 385. The molecule has 0 radical (unpaired) electrons. The Kier molecular flexibility index (Phi) is 8.34. The minimum atomic E-state index is -0.970. The van der Waals surface area contributed by atoms with Gasteiger partial charge < -0.3 is 29.4 Å². The molecule has 1 unspecified atom stereocenters. The van der Waals surface area contributed by atoms with Crippen LogP contribution in [0, 0.1) is 4.91 Å². The number of aliphatic hydroxyl groups is 1. The average Bonchev–Trinajstić information content (AvgIpc) is 2.85. The topological polar surface area (TPSA) is 119 Å². The molecule has 0 aliphatic carbocycles. The van der Waals surface area contributed by atoms with E-state index in [1.54, 1.807) is 13.8 Å². The minimum Gasteiger partial charge on any atom is -0.385 e. The van der Waals surface area contributed by atoms with Crippen LogP contribution in [-0.4, -0.2) is 80.8 Å². The van der Waals surface area contributed by atoms with Crippen LogP contribution in [0.3, 0.4) is 0 Å². The van der Waals surface area contributed by atoms with E-state index in [-0.39, 0.29) is 13.1 Å². The van der Waals surface area contributed by atoms with Crippen LogP contribution in [0.15, 0.2) is 5.29 Å². The summed E-state index contributed by atoms with van der Waals surface area (Å²) in [5.41, 5.74) is 0. The Labute approximate surface area is 134 Å². The fraction of sp³-hybridized carbons (Fsp3) is 0.923. The lowest BCUT2D eigenvalue weighted by atomic mass is 10.1. The van der Waals surface area contributed by atoms with Gasteiger partial charge in [-0.05, 0) is 13.8 Å². The van der Waals surface area contributed by atoms with E-state index >= 15 is 0 Å². The fourth-order valence-corrected chi connectivity index (χ4v) is 2.39. The number of nitrogens with one attached hydrogen (secondary N) is 1. The van der Waals surface area contributed by atoms with Crippen molar-refractivity contribution < 1.29 is 28.8 Å². The lowest BCUT2D eigenvalue weighted by Gasteiger charge is -2.26. The number of hydrogen-bond acceptors (Lipinski definition) is 8. The normalized spacial score (nSPS) is 28.4. The van der Waals surface area contributed by atoms with Crippen LogP contribution in [0.2, 0.25) is 0 Å². The van der Waals surface area contributed by atoms with Crippen molar-refractivity contribution >= 4 is 6.03 Å². The summed E-state index contributed by atoms with van der Waals surface area (Å²) in [6.07, 6.45) is -3.71. The molecule has 0 bridgehead atoms. The molecular formula is C13H25N3O7. The molecule has 1 fully saturated rings. The molecule has 0 spiro atoms. The number of aliphatic hydroxyl groups excluding tert-OH is 1. The van der Waals surface area contributed by atoms with Crippen molar-refractivity contribution in [1.29, 1.82) is 0 Å². The van der Waals surface area contributed by atoms with Crippen LogP contribution in [0.1, 0.15) is 13.8 Å². The molecule has 0 aromatic rings. The van der Waals surface area contributed by atoms with Gasteiger partial charge in [0.2, 0.25) is 0 Å². The number of rotatable bonds is 9. The zero-order chi connectivity index (χ0) is 17.4. The van der Waals surface area contributed by atoms with E-state index in [9.17, 15) is 14.8 Å². The molecule has 134 valence electrons. The number of amides is 2. The molecule has 0 aromatic carbocycles. The highest BCUT2D eigenvalue weighted by molar-refractivity contribution is 5.73. The zero-order valence-electron chi connectivity index (χ0n) is 13.8. The van der Waals surface area contributed by atoms with Gasteiger partial charge in [-0.3, -0.25) is 0 Å². The summed E-state index contributed by atoms with van der Waals surface area (Å²) in [5, 5.41) is 16.0. The molecule has 2 N–H and O–H groups in total. The molecule has 1 rings (SSSR count). The predicted molar refractivity (Wildman–Crippen MR) is 79.5 cm³/mol. The Morgan fingerprint density at radius 2 is 2.13 bits per heavy atom. The quantitative estimate of drug-likeness (QED) is 0.444. The van der Waals surface area contributed by atoms with E-state index in [0.717, 1.165) is 5.01 Å². The van der Waals surface area contributed by atoms with Gasteiger partial charge in [-0.2, -0.15) is 5.01 Å². The molecule has 1 heterocycles. The number of nitroso groups, excluding NO2 is 1. The summed E-state index contributed by atoms with van der Waals surface area (Å²) in [6, 6.07) is -0.640. The van der Waals surface area contributed by atoms with Crippen LogP contribution >= 0.6 is 0 Å². The first kappa shape index (κ1) is 19.7. The molecule has 1 aliphatic heterocycles. The number of urea groups is 1. The lowest BCUT2D eigenvalue weighted by molar-refractivity contribution is -0.177. The van der Waals surface area contributed by atoms with Crippen LogP contribution in [0.5, 0.6) is 0 Å². The van der Waals surface area contributed by atoms with E-state index in [4.69, 9.17) is 18.9 Å². The van der Waals surface area contributed by atoms with Crippen LogP contribution < -0.4 is 5.32 Å². The third-order valence-corrected chi connectivity index (χ3v) is 3.59. The second-order valence-corrected chi connectivity index (χ2v) is 4.87. The maximum atomic E-state index is 11.7. The average molecular weight is 335 g/mol. The van der Waals surface area contributed by atoms with Gasteiger partial charge in [0.25, 0.3) is 0 Å². The summed E-state index contributed by atoms with van der Waals surface area (Å²) in [6.45, 7) is 3.98. The van der Waals surface area contributed by atoms with Gasteiger partial charge in [-0.15, -0.1) is 4.91 Å². The molecule has 1 aliphatic rings. The van der Waals surface area contributed by atoms with Crippen molar-refractivity contribution in [2.75, 3.05) is 33.9 Å². The standard InChI is InChI=1S/C13H25N3O7/c1-5-16(15-19)13(18)14-7-8(20-3)10-11(21-4)9(17)12(23-10)22-6-2/h8-12,17H,5-7H2,1-4H3,(H,14,18)/t8-,9-,10-,11-,12?/m1/s1. The van der Waals surface area contributed by atoms with E-state index in [1.165, 1.54) is 14.2 Å². The highest BCUT2D eigenvalue weighted by Crippen LogP contribution is 2.27. The Hall–Kier alpha value is -1.33. The molecule has 0 aromatic heterocycles. The lowest BCUT2D eigenvalue weighted by Crippen LogP contribution is -2.48. The number of methoxy groups -OCH3 is 2. The summed E-state index contributed by atoms with van der Waals surface area (Å²) in [4.78, 5) is 22.2. The van der Waals surface area contributed by atoms with Gasteiger partial charge in [-0.25, -0.2) is 4.79 Å². The van der Waals surface area contributed by atoms with E-state index in [0.29, 0.717) is 6.61 Å². The highest BCUT2D eigenvalue weighted by atomic mass is 16.7. The van der Waals surface area contributed by atoms with Crippen molar-refractivity contribution in [1.82, 2.24) is 10.3 Å². The molecule has 5 atom stereocenters. The summed E-state index contributed by atoms with van der Waals surface area (Å²) >= 11 is 0. The predicted octanol–water partition coefficient (Wildman–Crippen LogP) is -0.148. The number of ether oxygens (including phenoxy) is 4. The van der Waals surface area contributed by atoms with Crippen LogP contribution in [0.25, 0.3) is 0 Å². The fourth-order valence-electron chi connectivity index (χ4n) is 2.39. The summed E-state index contributed by atoms with van der Waals surface area (Å²) < 4.78 is 21.5. The van der Waals surface area contributed by atoms with E-state index < -0.39 is 36.7 Å². The van der Waals surface area contributed by atoms with Crippen LogP contribution in [0.4, 0.5) is 4.79 Å². The first-order valence-electron chi connectivity index (χ1n) is 7.43. The van der Waals surface area contributed by atoms with Crippen molar-refractivity contribution in [3.05, 3.63) is 4.91 Å². The monoisotopic (exact) mass is 335 g/mol. The maximum absolute atomic E-state index is 11.7. The Balaban J connectivity index is 2.68. The largest absolute Gasteiger partial charge is 0.385 e. The number of carbonyl (C=O) groups excluding carboxylic acids is 1. The van der Waals surface area contributed by atoms with Gasteiger partial charge in [-0.1, -0.05) is 0 Å². The van der Waals surface area contributed by atoms with Crippen molar-refractivity contribution in [2.24, 2.45) is 5.29 Å². The third-order valence-electron chi connectivity index (χ3n) is 3.59. The van der Waals surface area contributed by atoms with Gasteiger partial charge in [0, 0.05) is 33.9 Å². The van der Waals surface area contributed by atoms with Gasteiger partial charge in [0.1, 0.15) is 24.4 Å². The Morgan fingerprint density at radius 1 is 1.43 bits per heavy atom.